The monoisotopic (exact) mass is 556 g/mol. The number of fused-ring (bicyclic) bond motifs is 3. The van der Waals surface area contributed by atoms with Gasteiger partial charge in [-0.05, 0) is 62.8 Å². The van der Waals surface area contributed by atoms with Crippen LogP contribution in [0.5, 0.6) is 6.01 Å². The van der Waals surface area contributed by atoms with Crippen molar-refractivity contribution in [3.63, 3.8) is 0 Å². The van der Waals surface area contributed by atoms with E-state index in [1.54, 1.807) is 4.90 Å². The molecule has 2 aliphatic heterocycles. The highest BCUT2D eigenvalue weighted by Gasteiger charge is 2.42. The fourth-order valence-corrected chi connectivity index (χ4v) is 7.32. The summed E-state index contributed by atoms with van der Waals surface area (Å²) in [4.78, 5) is 28.8. The summed E-state index contributed by atoms with van der Waals surface area (Å²) >= 11 is 0. The molecule has 2 saturated heterocycles. The number of hydrogen-bond donors (Lipinski definition) is 0. The zero-order chi connectivity index (χ0) is 28.4. The number of amides is 1. The number of nitrogens with zero attached hydrogens (tertiary/aromatic N) is 6. The molecule has 9 heteroatoms. The molecule has 2 unspecified atom stereocenters. The van der Waals surface area contributed by atoms with Gasteiger partial charge in [-0.15, -0.1) is 0 Å². The molecule has 1 aromatic heterocycles. The van der Waals surface area contributed by atoms with Gasteiger partial charge in [0.25, 0.3) is 0 Å². The maximum atomic E-state index is 12.5. The van der Waals surface area contributed by atoms with Crippen LogP contribution in [0.1, 0.15) is 48.1 Å². The number of benzene rings is 1. The van der Waals surface area contributed by atoms with E-state index in [0.717, 1.165) is 56.7 Å². The van der Waals surface area contributed by atoms with Crippen LogP contribution in [-0.4, -0.2) is 90.8 Å². The predicted molar refractivity (Wildman–Crippen MR) is 156 cm³/mol. The highest BCUT2D eigenvalue weighted by Crippen LogP contribution is 2.47. The topological polar surface area (TPSA) is 94.8 Å². The van der Waals surface area contributed by atoms with Crippen molar-refractivity contribution >= 4 is 11.7 Å². The van der Waals surface area contributed by atoms with E-state index in [9.17, 15) is 10.1 Å². The molecule has 0 bridgehead atoms. The summed E-state index contributed by atoms with van der Waals surface area (Å²) in [6.07, 6.45) is 7.88. The predicted octanol–water partition coefficient (Wildman–Crippen LogP) is 3.07. The first kappa shape index (κ1) is 27.7. The highest BCUT2D eigenvalue weighted by atomic mass is 16.5. The molecule has 2 fully saturated rings. The van der Waals surface area contributed by atoms with Crippen molar-refractivity contribution in [1.82, 2.24) is 19.8 Å². The first-order valence-electron chi connectivity index (χ1n) is 15.0. The quantitative estimate of drug-likeness (QED) is 0.501. The Labute approximate surface area is 242 Å². The van der Waals surface area contributed by atoms with Crippen LogP contribution < -0.4 is 9.64 Å². The summed E-state index contributed by atoms with van der Waals surface area (Å²) in [6.45, 7) is 8.18. The van der Waals surface area contributed by atoms with Crippen molar-refractivity contribution in [2.45, 2.75) is 62.5 Å². The lowest BCUT2D eigenvalue weighted by atomic mass is 9.62. The molecule has 216 valence electrons. The molecule has 6 rings (SSSR count). The van der Waals surface area contributed by atoms with Gasteiger partial charge in [-0.1, -0.05) is 30.8 Å². The fourth-order valence-electron chi connectivity index (χ4n) is 7.32. The number of aromatic nitrogens is 2. The molecule has 1 spiro atoms. The normalized spacial score (nSPS) is 26.1. The third-order valence-corrected chi connectivity index (χ3v) is 9.41. The average molecular weight is 557 g/mol. The number of rotatable bonds is 6. The molecule has 2 aliphatic carbocycles. The van der Waals surface area contributed by atoms with E-state index in [1.165, 1.54) is 29.2 Å². The molecule has 4 aliphatic rings. The lowest BCUT2D eigenvalue weighted by Gasteiger charge is -2.44. The van der Waals surface area contributed by atoms with Gasteiger partial charge in [0.15, 0.2) is 0 Å². The van der Waals surface area contributed by atoms with Crippen molar-refractivity contribution in [3.8, 4) is 12.1 Å². The SMILES string of the molecule is C=CC(=O)N1CCN(c2nc(OCC3CN(C)CCO3)nc3c2CCC2(CCCc4ccccc42)C3)C[C@@H]1CC#N. The zero-order valence-corrected chi connectivity index (χ0v) is 24.1. The van der Waals surface area contributed by atoms with Crippen LogP contribution in [0.3, 0.4) is 0 Å². The van der Waals surface area contributed by atoms with Gasteiger partial charge in [-0.25, -0.2) is 0 Å². The lowest BCUT2D eigenvalue weighted by molar-refractivity contribution is -0.128. The van der Waals surface area contributed by atoms with Crippen molar-refractivity contribution in [1.29, 1.82) is 5.26 Å². The minimum atomic E-state index is -0.222. The average Bonchev–Trinajstić information content (AvgIpc) is 2.99. The second kappa shape index (κ2) is 11.8. The molecule has 1 amide bonds. The Kier molecular flexibility index (Phi) is 7.96. The van der Waals surface area contributed by atoms with Gasteiger partial charge < -0.3 is 24.2 Å². The Morgan fingerprint density at radius 1 is 1.22 bits per heavy atom. The van der Waals surface area contributed by atoms with Crippen LogP contribution in [0.15, 0.2) is 36.9 Å². The molecular formula is C32H40N6O3. The Hall–Kier alpha value is -3.48. The van der Waals surface area contributed by atoms with E-state index in [-0.39, 0.29) is 29.9 Å². The van der Waals surface area contributed by atoms with Gasteiger partial charge in [0.2, 0.25) is 5.91 Å². The number of anilines is 1. The minimum Gasteiger partial charge on any atom is -0.461 e. The van der Waals surface area contributed by atoms with Crippen LogP contribution in [-0.2, 0) is 34.2 Å². The molecular weight excluding hydrogens is 516 g/mol. The summed E-state index contributed by atoms with van der Waals surface area (Å²) in [5.74, 6) is 0.758. The van der Waals surface area contributed by atoms with E-state index < -0.39 is 0 Å². The number of hydrogen-bond acceptors (Lipinski definition) is 8. The fraction of sp³-hybridized carbons (Fsp3) is 0.562. The molecule has 0 radical (unpaired) electrons. The van der Waals surface area contributed by atoms with E-state index in [2.05, 4.69) is 53.8 Å². The van der Waals surface area contributed by atoms with Crippen molar-refractivity contribution in [2.24, 2.45) is 0 Å². The largest absolute Gasteiger partial charge is 0.461 e. The molecule has 3 heterocycles. The summed E-state index contributed by atoms with van der Waals surface area (Å²) < 4.78 is 12.2. The number of nitriles is 1. The molecule has 3 atom stereocenters. The van der Waals surface area contributed by atoms with E-state index in [0.29, 0.717) is 38.9 Å². The smallest absolute Gasteiger partial charge is 0.318 e. The third kappa shape index (κ3) is 5.55. The first-order chi connectivity index (χ1) is 20.0. The number of carbonyl (C=O) groups excluding carboxylic acids is 1. The van der Waals surface area contributed by atoms with Crippen LogP contribution in [0.25, 0.3) is 0 Å². The molecule has 1 aromatic carbocycles. The van der Waals surface area contributed by atoms with E-state index in [1.807, 2.05) is 0 Å². The molecule has 9 nitrogen and oxygen atoms in total. The number of ether oxygens (including phenoxy) is 2. The zero-order valence-electron chi connectivity index (χ0n) is 24.1. The van der Waals surface area contributed by atoms with Crippen LogP contribution >= 0.6 is 0 Å². The highest BCUT2D eigenvalue weighted by molar-refractivity contribution is 5.87. The van der Waals surface area contributed by atoms with Gasteiger partial charge in [-0.3, -0.25) is 4.79 Å². The van der Waals surface area contributed by atoms with Crippen LogP contribution in [0.4, 0.5) is 5.82 Å². The summed E-state index contributed by atoms with van der Waals surface area (Å²) in [5.41, 5.74) is 5.27. The molecule has 2 aromatic rings. The second-order valence-electron chi connectivity index (χ2n) is 12.0. The van der Waals surface area contributed by atoms with Gasteiger partial charge in [0, 0.05) is 43.7 Å². The summed E-state index contributed by atoms with van der Waals surface area (Å²) in [7, 11) is 2.10. The number of likely N-dealkylation sites (N-methyl/N-ethyl adjacent to an activating group) is 1. The van der Waals surface area contributed by atoms with Crippen molar-refractivity contribution in [3.05, 3.63) is 59.3 Å². The van der Waals surface area contributed by atoms with Gasteiger partial charge in [-0.2, -0.15) is 15.2 Å². The van der Waals surface area contributed by atoms with E-state index in [4.69, 9.17) is 19.4 Å². The first-order valence-corrected chi connectivity index (χ1v) is 15.0. The van der Waals surface area contributed by atoms with Crippen LogP contribution in [0, 0.1) is 11.3 Å². The molecule has 0 saturated carbocycles. The van der Waals surface area contributed by atoms with E-state index >= 15 is 0 Å². The number of morpholine rings is 1. The van der Waals surface area contributed by atoms with Gasteiger partial charge >= 0.3 is 6.01 Å². The lowest BCUT2D eigenvalue weighted by Crippen LogP contribution is -2.55. The van der Waals surface area contributed by atoms with Crippen molar-refractivity contribution < 1.29 is 14.3 Å². The minimum absolute atomic E-state index is 0.0261. The summed E-state index contributed by atoms with van der Waals surface area (Å²) in [6, 6.07) is 11.4. The second-order valence-corrected chi connectivity index (χ2v) is 12.0. The molecule has 41 heavy (non-hydrogen) atoms. The van der Waals surface area contributed by atoms with Gasteiger partial charge in [0.05, 0.1) is 30.8 Å². The number of aryl methyl sites for hydroxylation is 1. The van der Waals surface area contributed by atoms with Gasteiger partial charge in [0.1, 0.15) is 18.5 Å². The van der Waals surface area contributed by atoms with Crippen molar-refractivity contribution in [2.75, 3.05) is 57.9 Å². The van der Waals surface area contributed by atoms with Crippen LogP contribution in [0.2, 0.25) is 0 Å². The number of carbonyl (C=O) groups is 1. The summed E-state index contributed by atoms with van der Waals surface area (Å²) in [5, 5.41) is 9.52. The Morgan fingerprint density at radius 3 is 2.93 bits per heavy atom. The number of piperazine rings is 1. The third-order valence-electron chi connectivity index (χ3n) is 9.41. The molecule has 0 N–H and O–H groups in total. The standard InChI is InChI=1S/C32H40N6O3/c1-3-29(39)38-16-15-37(20-24(38)11-14-33)30-26-10-13-32(12-6-8-23-7-4-5-9-27(23)32)19-28(26)34-31(35-30)41-22-25-21-36(2)17-18-40-25/h3-5,7,9,24-25H,1,6,8,10-13,15-22H2,2H3/t24-,25?,32?/m0/s1. The maximum Gasteiger partial charge on any atom is 0.318 e. The Morgan fingerprint density at radius 2 is 2.10 bits per heavy atom. The Bertz CT molecular complexity index is 1340. The maximum absolute atomic E-state index is 12.5. The Balaban J connectivity index is 1.33.